The molecule has 0 saturated heterocycles. The second kappa shape index (κ2) is 12.5. The van der Waals surface area contributed by atoms with Crippen LogP contribution in [0.2, 0.25) is 0 Å². The SMILES string of the molecule is COC(=O)CCCSCCN[C@H](CCCC(=O)O)C(=O)O. The number of thioether (sulfide) groups is 1. The number of ether oxygens (including phenoxy) is 1. The Morgan fingerprint density at radius 3 is 2.43 bits per heavy atom. The van der Waals surface area contributed by atoms with Crippen molar-refractivity contribution in [3.05, 3.63) is 0 Å². The molecule has 0 aromatic carbocycles. The van der Waals surface area contributed by atoms with Crippen LogP contribution in [-0.2, 0) is 19.1 Å². The minimum atomic E-state index is -0.962. The Hall–Kier alpha value is -1.28. The fourth-order valence-electron chi connectivity index (χ4n) is 1.60. The highest BCUT2D eigenvalue weighted by molar-refractivity contribution is 7.99. The Balaban J connectivity index is 3.62. The molecule has 0 unspecified atom stereocenters. The molecule has 0 aromatic rings. The summed E-state index contributed by atoms with van der Waals surface area (Å²) < 4.78 is 4.52. The zero-order chi connectivity index (χ0) is 16.1. The van der Waals surface area contributed by atoms with Gasteiger partial charge in [-0.05, 0) is 25.0 Å². The highest BCUT2D eigenvalue weighted by Crippen LogP contribution is 2.06. The molecule has 0 saturated carbocycles. The van der Waals surface area contributed by atoms with E-state index in [9.17, 15) is 14.4 Å². The average Bonchev–Trinajstić information content (AvgIpc) is 2.43. The molecule has 0 aliphatic heterocycles. The van der Waals surface area contributed by atoms with E-state index in [1.54, 1.807) is 11.8 Å². The van der Waals surface area contributed by atoms with Gasteiger partial charge in [-0.3, -0.25) is 14.4 Å². The lowest BCUT2D eigenvalue weighted by Gasteiger charge is -2.13. The number of carbonyl (C=O) groups is 3. The Kier molecular flexibility index (Phi) is 11.7. The molecule has 122 valence electrons. The first kappa shape index (κ1) is 19.7. The van der Waals surface area contributed by atoms with Gasteiger partial charge in [-0.2, -0.15) is 11.8 Å². The highest BCUT2D eigenvalue weighted by atomic mass is 32.2. The number of esters is 1. The van der Waals surface area contributed by atoms with Crippen LogP contribution in [0, 0.1) is 0 Å². The minimum absolute atomic E-state index is 0.0201. The molecule has 0 bridgehead atoms. The van der Waals surface area contributed by atoms with Gasteiger partial charge >= 0.3 is 17.9 Å². The van der Waals surface area contributed by atoms with Crippen molar-refractivity contribution in [3.8, 4) is 0 Å². The van der Waals surface area contributed by atoms with Crippen LogP contribution in [0.3, 0.4) is 0 Å². The number of hydrogen-bond donors (Lipinski definition) is 3. The second-order valence-electron chi connectivity index (χ2n) is 4.42. The van der Waals surface area contributed by atoms with Gasteiger partial charge in [-0.25, -0.2) is 0 Å². The Morgan fingerprint density at radius 1 is 1.14 bits per heavy atom. The lowest BCUT2D eigenvalue weighted by atomic mass is 10.1. The topological polar surface area (TPSA) is 113 Å². The van der Waals surface area contributed by atoms with E-state index < -0.39 is 18.0 Å². The van der Waals surface area contributed by atoms with Crippen LogP contribution in [0.25, 0.3) is 0 Å². The van der Waals surface area contributed by atoms with Crippen molar-refractivity contribution >= 4 is 29.7 Å². The van der Waals surface area contributed by atoms with E-state index in [2.05, 4.69) is 10.1 Å². The van der Waals surface area contributed by atoms with Gasteiger partial charge in [0.25, 0.3) is 0 Å². The summed E-state index contributed by atoms with van der Waals surface area (Å²) in [6, 6.07) is -0.708. The third kappa shape index (κ3) is 12.2. The van der Waals surface area contributed by atoms with E-state index in [4.69, 9.17) is 10.2 Å². The summed E-state index contributed by atoms with van der Waals surface area (Å²) in [7, 11) is 1.36. The fourth-order valence-corrected chi connectivity index (χ4v) is 2.41. The van der Waals surface area contributed by atoms with Crippen molar-refractivity contribution in [1.29, 1.82) is 0 Å². The van der Waals surface area contributed by atoms with E-state index in [0.29, 0.717) is 25.8 Å². The number of carboxylic acids is 2. The number of carboxylic acid groups (broad SMARTS) is 2. The molecular weight excluding hydrogens is 298 g/mol. The van der Waals surface area contributed by atoms with Gasteiger partial charge in [0, 0.05) is 25.1 Å². The van der Waals surface area contributed by atoms with Crippen LogP contribution < -0.4 is 5.32 Å². The first-order valence-electron chi connectivity index (χ1n) is 6.80. The summed E-state index contributed by atoms with van der Waals surface area (Å²) in [4.78, 5) is 32.2. The molecule has 0 rings (SSSR count). The maximum absolute atomic E-state index is 11.0. The molecule has 0 aromatic heterocycles. The summed E-state index contributed by atoms with van der Waals surface area (Å²) in [5.74, 6) is -0.549. The van der Waals surface area contributed by atoms with Crippen LogP contribution >= 0.6 is 11.8 Å². The molecule has 8 heteroatoms. The summed E-state index contributed by atoms with van der Waals surface area (Å²) in [6.45, 7) is 0.535. The molecule has 3 N–H and O–H groups in total. The average molecular weight is 321 g/mol. The summed E-state index contributed by atoms with van der Waals surface area (Å²) in [5, 5.41) is 20.4. The number of hydrogen-bond acceptors (Lipinski definition) is 6. The zero-order valence-electron chi connectivity index (χ0n) is 12.2. The quantitative estimate of drug-likeness (QED) is 0.340. The van der Waals surface area contributed by atoms with Crippen molar-refractivity contribution < 1.29 is 29.3 Å². The van der Waals surface area contributed by atoms with E-state index in [1.807, 2.05) is 0 Å². The molecule has 0 aliphatic carbocycles. The largest absolute Gasteiger partial charge is 0.481 e. The van der Waals surface area contributed by atoms with E-state index in [1.165, 1.54) is 7.11 Å². The van der Waals surface area contributed by atoms with Gasteiger partial charge in [0.15, 0.2) is 0 Å². The normalized spacial score (nSPS) is 11.9. The van der Waals surface area contributed by atoms with Crippen LogP contribution in [0.4, 0.5) is 0 Å². The number of rotatable bonds is 13. The third-order valence-corrected chi connectivity index (χ3v) is 3.79. The maximum Gasteiger partial charge on any atom is 0.320 e. The van der Waals surface area contributed by atoms with Crippen molar-refractivity contribution in [1.82, 2.24) is 5.32 Å². The highest BCUT2D eigenvalue weighted by Gasteiger charge is 2.16. The Morgan fingerprint density at radius 2 is 1.86 bits per heavy atom. The van der Waals surface area contributed by atoms with Gasteiger partial charge in [0.05, 0.1) is 7.11 Å². The molecular formula is C13H23NO6S. The fraction of sp³-hybridized carbons (Fsp3) is 0.769. The van der Waals surface area contributed by atoms with Gasteiger partial charge < -0.3 is 20.3 Å². The maximum atomic E-state index is 11.0. The molecule has 0 radical (unpaired) electrons. The second-order valence-corrected chi connectivity index (χ2v) is 5.65. The van der Waals surface area contributed by atoms with E-state index in [-0.39, 0.29) is 12.4 Å². The van der Waals surface area contributed by atoms with E-state index >= 15 is 0 Å². The Bertz CT molecular complexity index is 337. The minimum Gasteiger partial charge on any atom is -0.481 e. The Labute approximate surface area is 128 Å². The monoisotopic (exact) mass is 321 g/mol. The number of nitrogens with one attached hydrogen (secondary N) is 1. The zero-order valence-corrected chi connectivity index (χ0v) is 13.0. The van der Waals surface area contributed by atoms with Gasteiger partial charge in [-0.15, -0.1) is 0 Å². The number of aliphatic carboxylic acids is 2. The molecule has 0 heterocycles. The molecule has 0 fully saturated rings. The third-order valence-electron chi connectivity index (χ3n) is 2.72. The van der Waals surface area contributed by atoms with Crippen molar-refractivity contribution in [3.63, 3.8) is 0 Å². The standard InChI is InChI=1S/C13H23NO6S/c1-20-12(17)6-3-8-21-9-7-14-10(13(18)19)4-2-5-11(15)16/h10,14H,2-9H2,1H3,(H,15,16)(H,18,19)/t10-/m1/s1. The number of carbonyl (C=O) groups excluding carboxylic acids is 1. The predicted octanol–water partition coefficient (Wildman–Crippen LogP) is 0.971. The number of methoxy groups -OCH3 is 1. The molecule has 0 amide bonds. The van der Waals surface area contributed by atoms with Gasteiger partial charge in [0.2, 0.25) is 0 Å². The summed E-state index contributed by atoms with van der Waals surface area (Å²) in [6.07, 6.45) is 1.75. The smallest absolute Gasteiger partial charge is 0.320 e. The van der Waals surface area contributed by atoms with E-state index in [0.717, 1.165) is 17.9 Å². The van der Waals surface area contributed by atoms with Crippen molar-refractivity contribution in [2.24, 2.45) is 0 Å². The molecule has 1 atom stereocenters. The molecule has 7 nitrogen and oxygen atoms in total. The first-order chi connectivity index (χ1) is 9.97. The molecule has 21 heavy (non-hydrogen) atoms. The predicted molar refractivity (Wildman–Crippen MR) is 79.5 cm³/mol. The van der Waals surface area contributed by atoms with Crippen LogP contribution in [0.1, 0.15) is 32.1 Å². The summed E-state index contributed by atoms with van der Waals surface area (Å²) in [5.41, 5.74) is 0. The van der Waals surface area contributed by atoms with Crippen LogP contribution in [0.15, 0.2) is 0 Å². The lowest BCUT2D eigenvalue weighted by Crippen LogP contribution is -2.38. The summed E-state index contributed by atoms with van der Waals surface area (Å²) >= 11 is 1.63. The van der Waals surface area contributed by atoms with Crippen molar-refractivity contribution in [2.45, 2.75) is 38.1 Å². The van der Waals surface area contributed by atoms with Crippen LogP contribution in [-0.4, -0.2) is 59.3 Å². The van der Waals surface area contributed by atoms with Crippen molar-refractivity contribution in [2.75, 3.05) is 25.2 Å². The van der Waals surface area contributed by atoms with Gasteiger partial charge in [0.1, 0.15) is 6.04 Å². The molecule has 0 spiro atoms. The van der Waals surface area contributed by atoms with Crippen LogP contribution in [0.5, 0.6) is 0 Å². The molecule has 0 aliphatic rings. The lowest BCUT2D eigenvalue weighted by molar-refractivity contribution is -0.141. The first-order valence-corrected chi connectivity index (χ1v) is 7.95. The van der Waals surface area contributed by atoms with Gasteiger partial charge in [-0.1, -0.05) is 0 Å².